The number of methoxy groups -OCH3 is 2. The van der Waals surface area contributed by atoms with Crippen LogP contribution in [-0.4, -0.2) is 162 Å². The van der Waals surface area contributed by atoms with Gasteiger partial charge in [-0.1, -0.05) is 251 Å². The Morgan fingerprint density at radius 3 is 1.39 bits per heavy atom. The maximum atomic E-state index is 14.1. The topological polar surface area (TPSA) is 300 Å². The molecule has 3 heterocycles. The van der Waals surface area contributed by atoms with Crippen molar-refractivity contribution < 1.29 is 83.6 Å². The number of likely N-dealkylation sites (tertiary alicyclic amines) is 1. The maximum Gasteiger partial charge on any atom is 0.357 e. The minimum Gasteiger partial charge on any atom is -0.464 e. The van der Waals surface area contributed by atoms with Crippen molar-refractivity contribution in [3.63, 3.8) is 0 Å². The number of ketones is 1. The number of halogens is 7. The number of aliphatic hydroxyl groups is 1. The van der Waals surface area contributed by atoms with Gasteiger partial charge in [-0.25, -0.2) is 37.5 Å². The fourth-order valence-corrected chi connectivity index (χ4v) is 19.8. The molecule has 1 aromatic carbocycles. The second-order valence-electron chi connectivity index (χ2n) is 30.4. The lowest BCUT2D eigenvalue weighted by atomic mass is 9.82. The number of aromatic nitrogens is 2. The van der Waals surface area contributed by atoms with Crippen LogP contribution in [0.15, 0.2) is 21.0 Å². The van der Waals surface area contributed by atoms with E-state index < -0.39 is 100 Å². The number of thiazole rings is 2. The first-order valence-corrected chi connectivity index (χ1v) is 54.8. The molecule has 1 fully saturated rings. The molecule has 3 unspecified atom stereocenters. The van der Waals surface area contributed by atoms with Gasteiger partial charge in [0.15, 0.2) is 28.0 Å². The third-order valence-electron chi connectivity index (χ3n) is 20.4. The molecule has 3 aromatic rings. The predicted molar refractivity (Wildman–Crippen MR) is 494 cm³/mol. The van der Waals surface area contributed by atoms with Crippen LogP contribution in [0.25, 0.3) is 20.9 Å². The van der Waals surface area contributed by atoms with E-state index in [-0.39, 0.29) is 101 Å². The van der Waals surface area contributed by atoms with Crippen molar-refractivity contribution in [3.05, 3.63) is 82.1 Å². The number of azide groups is 2. The summed E-state index contributed by atoms with van der Waals surface area (Å²) in [5, 5.41) is 20.8. The van der Waals surface area contributed by atoms with Crippen molar-refractivity contribution in [1.29, 1.82) is 0 Å². The Kier molecular flexibility index (Phi) is 73.7. The summed E-state index contributed by atoms with van der Waals surface area (Å²) in [7, 11) is 0.208. The highest BCUT2D eigenvalue weighted by Gasteiger charge is 2.42. The number of rotatable bonds is 47. The lowest BCUT2D eigenvalue weighted by Gasteiger charge is -2.40. The average molecular weight is 1920 g/mol. The van der Waals surface area contributed by atoms with Crippen LogP contribution in [0.1, 0.15) is 300 Å². The van der Waals surface area contributed by atoms with Crippen LogP contribution in [0.3, 0.4) is 0 Å². The van der Waals surface area contributed by atoms with E-state index in [0.29, 0.717) is 68.8 Å². The number of nitrogens with zero attached hydrogens (tertiary/aromatic N) is 10. The molecule has 2 aromatic heterocycles. The molecule has 0 bridgehead atoms. The van der Waals surface area contributed by atoms with E-state index in [1.807, 2.05) is 27.7 Å². The third-order valence-corrected chi connectivity index (χ3v) is 31.9. The van der Waals surface area contributed by atoms with E-state index in [4.69, 9.17) is 38.4 Å². The van der Waals surface area contributed by atoms with Gasteiger partial charge in [0.2, 0.25) is 40.7 Å². The van der Waals surface area contributed by atoms with Crippen LogP contribution in [0, 0.1) is 58.7 Å². The molecule has 0 aliphatic carbocycles. The Hall–Kier alpha value is -4.33. The summed E-state index contributed by atoms with van der Waals surface area (Å²) in [5.74, 6) is -14.5. The van der Waals surface area contributed by atoms with Gasteiger partial charge in [-0.3, -0.25) is 14.5 Å². The van der Waals surface area contributed by atoms with Gasteiger partial charge in [0, 0.05) is 52.9 Å². The molecule has 9 atom stereocenters. The number of unbranched alkanes of at least 4 members (excludes halogenated alkanes) is 6. The summed E-state index contributed by atoms with van der Waals surface area (Å²) in [6, 6.07) is 3.30. The zero-order valence-corrected chi connectivity index (χ0v) is 81.1. The lowest BCUT2D eigenvalue weighted by Crippen LogP contribution is -2.51. The van der Waals surface area contributed by atoms with Gasteiger partial charge < -0.3 is 42.5 Å². The molecular formula is C84H157Br2F5N10O13S2Si3. The van der Waals surface area contributed by atoms with E-state index in [0.717, 1.165) is 92.8 Å². The lowest BCUT2D eigenvalue weighted by molar-refractivity contribution is -0.145. The molecule has 4 rings (SSSR count). The van der Waals surface area contributed by atoms with Gasteiger partial charge in [-0.2, -0.15) is 8.78 Å². The van der Waals surface area contributed by atoms with Crippen molar-refractivity contribution >= 4 is 107 Å². The van der Waals surface area contributed by atoms with E-state index in [1.165, 1.54) is 62.6 Å². The minimum absolute atomic E-state index is 0. The largest absolute Gasteiger partial charge is 0.464 e. The molecule has 0 spiro atoms. The Balaban J connectivity index is -0.000000365. The Morgan fingerprint density at radius 2 is 1.03 bits per heavy atom. The van der Waals surface area contributed by atoms with Crippen molar-refractivity contribution in [2.45, 2.75) is 349 Å². The molecule has 119 heavy (non-hydrogen) atoms. The Morgan fingerprint density at radius 1 is 0.622 bits per heavy atom. The summed E-state index contributed by atoms with van der Waals surface area (Å²) in [6.07, 6.45) is 14.3. The standard InChI is InChI=1S/C29H53N5O5SSi.C24H42N4O4SSi.C13H12F5NO2.C6H13BrO.C5H12O.C3H9BrSi.4CH4/c1-10-15-16-17-38-20-34(28(35)26(32-33-30)22(8)11-2)24(21(6)7)18-25(39-41(12-3,13-4)14-5)27-31-23(19-40-27)29(36)37-9;1-9-17(7)22(27-28-25)20(29)13-18(16(5)6)14-21(32-34(10-2,11-3)12-4)23-26-19(15-33-23)24(30)31-8;1-19-5-3-2-4-6(19)13(20)21-12-10(17)8(15)7(14)9(16)11(12)18;1-2-3-4-5-8-6-7;1-2-3-4-5-6;1-5(2,3)4;;;;/h19,21-22,24-26H,10-18,20H2,1-9H3;15-18,21-22H,9-14H2,1-8H3;6H,2-5H2,1H3;2-6H2,1H3;6H,2-5H2,1H3;1-3H3;4*1H4/t22?,24-,25-,26+;17?,18-,21-,22+;;;;;;;;/m11......../s1. The quantitative estimate of drug-likeness (QED) is 0.00438. The third kappa shape index (κ3) is 47.0. The number of benzene rings is 1. The number of Topliss-reactive ketones (excluding diaryl/α,β-unsaturated/α-hetero) is 1. The molecule has 694 valence electrons. The van der Waals surface area contributed by atoms with Gasteiger partial charge in [0.25, 0.3) is 0 Å². The van der Waals surface area contributed by atoms with Crippen LogP contribution in [0.2, 0.25) is 55.9 Å². The number of amides is 1. The molecule has 0 radical (unpaired) electrons. The predicted octanol–water partition coefficient (Wildman–Crippen LogP) is 26.7. The number of ether oxygens (including phenoxy) is 5. The zero-order valence-electron chi connectivity index (χ0n) is 73.3. The molecule has 1 N–H and O–H groups in total. The second-order valence-corrected chi connectivity index (χ2v) is 53.4. The Labute approximate surface area is 741 Å². The van der Waals surface area contributed by atoms with Gasteiger partial charge >= 0.3 is 17.9 Å². The molecule has 1 amide bonds. The molecular weight excluding hydrogens is 1760 g/mol. The van der Waals surface area contributed by atoms with Crippen molar-refractivity contribution in [2.75, 3.05) is 59.9 Å². The number of likely N-dealkylation sites (N-methyl/N-ethyl adjacent to an activating group) is 1. The van der Waals surface area contributed by atoms with Gasteiger partial charge in [0.05, 0.1) is 32.5 Å². The molecule has 0 saturated carbocycles. The molecule has 35 heteroatoms. The highest BCUT2D eigenvalue weighted by molar-refractivity contribution is 9.26. The first-order valence-electron chi connectivity index (χ1n) is 41.2. The van der Waals surface area contributed by atoms with Crippen LogP contribution in [0.4, 0.5) is 22.0 Å². The first-order chi connectivity index (χ1) is 54.4. The van der Waals surface area contributed by atoms with Crippen molar-refractivity contribution in [3.8, 4) is 5.75 Å². The maximum absolute atomic E-state index is 14.1. The summed E-state index contributed by atoms with van der Waals surface area (Å²) in [6.45, 7) is 44.2. The van der Waals surface area contributed by atoms with E-state index in [9.17, 15) is 51.5 Å². The zero-order chi connectivity index (χ0) is 88.2. The summed E-state index contributed by atoms with van der Waals surface area (Å²) < 4.78 is 105. The van der Waals surface area contributed by atoms with Crippen molar-refractivity contribution in [2.24, 2.45) is 39.8 Å². The normalized spacial score (nSPS) is 14.5. The molecule has 23 nitrogen and oxygen atoms in total. The number of esters is 3. The number of carbonyl (C=O) groups excluding carboxylic acids is 5. The van der Waals surface area contributed by atoms with E-state index >= 15 is 0 Å². The summed E-state index contributed by atoms with van der Waals surface area (Å²) >= 11 is 9.48. The monoisotopic (exact) mass is 1910 g/mol. The van der Waals surface area contributed by atoms with Crippen LogP contribution in [-0.2, 0) is 42.2 Å². The summed E-state index contributed by atoms with van der Waals surface area (Å²) in [5.41, 5.74) is 19.5. The number of hydrogen-bond donors (Lipinski definition) is 1. The summed E-state index contributed by atoms with van der Waals surface area (Å²) in [4.78, 5) is 81.8. The van der Waals surface area contributed by atoms with Gasteiger partial charge in [-0.15, -0.1) is 38.0 Å². The second kappa shape index (κ2) is 69.9. The Bertz CT molecular complexity index is 3260. The number of hydrogen-bond acceptors (Lipinski definition) is 20. The number of aliphatic hydroxyl groups excluding tert-OH is 1. The number of piperidine rings is 1. The van der Waals surface area contributed by atoms with Crippen LogP contribution >= 0.6 is 53.9 Å². The minimum atomic E-state index is -2.29. The first kappa shape index (κ1) is 125. The van der Waals surface area contributed by atoms with Crippen LogP contribution in [0.5, 0.6) is 5.75 Å². The van der Waals surface area contributed by atoms with Gasteiger partial charge in [-0.05, 0) is 135 Å². The van der Waals surface area contributed by atoms with E-state index in [2.05, 4.69) is 176 Å². The highest BCUT2D eigenvalue weighted by atomic mass is 79.9. The fourth-order valence-electron chi connectivity index (χ4n) is 12.1. The smallest absolute Gasteiger partial charge is 0.357 e. The van der Waals surface area contributed by atoms with Crippen LogP contribution < -0.4 is 4.74 Å². The SMILES string of the molecule is C.C.C.C.CCC(C)[C@H](N=[N+]=[N-])C(=O)C[C@H](C[C@@H](O[Si](CC)(CC)CC)c1nc(C(=O)OC)cs1)C(C)C.CCCCCO.CCCCCOCBr.CCCCCOCN(C(=O)[C@@H](N=[N+]=[N-])C(C)CC)[C@H](C[C@@H](O[Si](CC)(CC)CC)c1nc(C(=O)OC)cs1)C(C)C.CN1CCCCC1C(=O)Oc1c(F)c(F)c(F)c(F)c1F.C[Si](C)(C)Br. The number of alkyl halides is 1. The molecule has 1 saturated heterocycles. The van der Waals surface area contributed by atoms with Gasteiger partial charge in [0.1, 0.15) is 46.8 Å². The molecule has 1 aliphatic rings. The average Bonchev–Trinajstić information content (AvgIpc) is 1.21. The van der Waals surface area contributed by atoms with E-state index in [1.54, 1.807) is 27.6 Å². The molecule has 1 aliphatic heterocycles. The van der Waals surface area contributed by atoms with Crippen molar-refractivity contribution in [1.82, 2.24) is 19.8 Å². The highest BCUT2D eigenvalue weighted by Crippen LogP contribution is 2.41. The number of carbonyl (C=O) groups is 5. The fraction of sp³-hybridized carbons (Fsp3) is 0.798.